The molecule has 1 aromatic heterocycles. The average molecular weight is 242 g/mol. The van der Waals surface area contributed by atoms with Crippen molar-refractivity contribution >= 4 is 17.5 Å². The van der Waals surface area contributed by atoms with Gasteiger partial charge in [0.05, 0.1) is 10.6 Å². The van der Waals surface area contributed by atoms with Crippen molar-refractivity contribution in [3.05, 3.63) is 29.0 Å². The molecule has 88 valence electrons. The Hall–Kier alpha value is -1.13. The van der Waals surface area contributed by atoms with E-state index in [1.165, 1.54) is 6.20 Å². The molecule has 1 amide bonds. The van der Waals surface area contributed by atoms with Crippen LogP contribution in [0, 0.1) is 0 Å². The van der Waals surface area contributed by atoms with Crippen LogP contribution in [-0.2, 0) is 0 Å². The number of halogens is 1. The van der Waals surface area contributed by atoms with Crippen molar-refractivity contribution in [3.8, 4) is 0 Å². The Bertz CT molecular complexity index is 368. The second-order valence-electron chi connectivity index (χ2n) is 3.99. The van der Waals surface area contributed by atoms with Crippen LogP contribution in [0.2, 0.25) is 5.02 Å². The van der Waals surface area contributed by atoms with Gasteiger partial charge in [-0.25, -0.2) is 0 Å². The van der Waals surface area contributed by atoms with Gasteiger partial charge in [0.1, 0.15) is 0 Å². The van der Waals surface area contributed by atoms with E-state index in [1.807, 2.05) is 25.9 Å². The van der Waals surface area contributed by atoms with Crippen LogP contribution in [0.15, 0.2) is 18.5 Å². The Morgan fingerprint density at radius 1 is 1.62 bits per heavy atom. The van der Waals surface area contributed by atoms with Crippen LogP contribution in [0.1, 0.15) is 17.3 Å². The first-order chi connectivity index (χ1) is 7.50. The highest BCUT2D eigenvalue weighted by Crippen LogP contribution is 2.12. The minimum Gasteiger partial charge on any atom is -0.348 e. The summed E-state index contributed by atoms with van der Waals surface area (Å²) in [4.78, 5) is 17.7. The number of hydrogen-bond donors (Lipinski definition) is 1. The highest BCUT2D eigenvalue weighted by Gasteiger charge is 2.12. The van der Waals surface area contributed by atoms with E-state index in [0.29, 0.717) is 10.6 Å². The normalized spacial score (nSPS) is 12.6. The number of carbonyl (C=O) groups is 1. The molecule has 0 aromatic carbocycles. The molecule has 0 radical (unpaired) electrons. The van der Waals surface area contributed by atoms with E-state index in [0.717, 1.165) is 6.54 Å². The maximum absolute atomic E-state index is 11.8. The van der Waals surface area contributed by atoms with Crippen LogP contribution in [-0.4, -0.2) is 42.5 Å². The van der Waals surface area contributed by atoms with Crippen molar-refractivity contribution in [2.24, 2.45) is 0 Å². The average Bonchev–Trinajstić information content (AvgIpc) is 2.16. The molecule has 4 nitrogen and oxygen atoms in total. The number of likely N-dealkylation sites (N-methyl/N-ethyl adjacent to an activating group) is 1. The van der Waals surface area contributed by atoms with Crippen molar-refractivity contribution < 1.29 is 4.79 Å². The largest absolute Gasteiger partial charge is 0.348 e. The molecular weight excluding hydrogens is 226 g/mol. The van der Waals surface area contributed by atoms with Crippen LogP contribution in [0.4, 0.5) is 0 Å². The molecule has 0 aliphatic carbocycles. The summed E-state index contributed by atoms with van der Waals surface area (Å²) in [6.07, 6.45) is 3.02. The van der Waals surface area contributed by atoms with Gasteiger partial charge in [0, 0.05) is 25.0 Å². The molecule has 16 heavy (non-hydrogen) atoms. The molecule has 1 unspecified atom stereocenters. The van der Waals surface area contributed by atoms with Gasteiger partial charge >= 0.3 is 0 Å². The van der Waals surface area contributed by atoms with E-state index in [-0.39, 0.29) is 11.9 Å². The van der Waals surface area contributed by atoms with Gasteiger partial charge in [-0.1, -0.05) is 11.6 Å². The molecule has 1 atom stereocenters. The Balaban J connectivity index is 2.63. The van der Waals surface area contributed by atoms with E-state index >= 15 is 0 Å². The lowest BCUT2D eigenvalue weighted by atomic mass is 10.2. The molecule has 0 aliphatic rings. The minimum atomic E-state index is -0.165. The third-order valence-corrected chi connectivity index (χ3v) is 2.33. The Kier molecular flexibility index (Phi) is 4.71. The van der Waals surface area contributed by atoms with Gasteiger partial charge in [-0.2, -0.15) is 0 Å². The number of pyridine rings is 1. The number of nitrogens with zero attached hydrogens (tertiary/aromatic N) is 2. The van der Waals surface area contributed by atoms with Gasteiger partial charge in [0.15, 0.2) is 0 Å². The first kappa shape index (κ1) is 12.9. The van der Waals surface area contributed by atoms with E-state index in [1.54, 1.807) is 12.3 Å². The van der Waals surface area contributed by atoms with Crippen LogP contribution in [0.25, 0.3) is 0 Å². The van der Waals surface area contributed by atoms with Crippen molar-refractivity contribution in [1.82, 2.24) is 15.2 Å². The molecular formula is C11H16ClN3O. The van der Waals surface area contributed by atoms with Crippen molar-refractivity contribution in [3.63, 3.8) is 0 Å². The summed E-state index contributed by atoms with van der Waals surface area (Å²) in [7, 11) is 3.92. The second kappa shape index (κ2) is 5.82. The zero-order chi connectivity index (χ0) is 12.1. The summed E-state index contributed by atoms with van der Waals surface area (Å²) in [5.74, 6) is -0.165. The zero-order valence-corrected chi connectivity index (χ0v) is 10.5. The van der Waals surface area contributed by atoms with E-state index in [2.05, 4.69) is 10.3 Å². The summed E-state index contributed by atoms with van der Waals surface area (Å²) in [5.41, 5.74) is 0.460. The maximum atomic E-state index is 11.8. The standard InChI is InChI=1S/C11H16ClN3O/c1-8(7-15(2)3)14-11(16)9-4-5-13-6-10(9)12/h4-6,8H,7H2,1-3H3,(H,14,16). The van der Waals surface area contributed by atoms with E-state index < -0.39 is 0 Å². The number of amides is 1. The second-order valence-corrected chi connectivity index (χ2v) is 4.40. The molecule has 1 rings (SSSR count). The Labute approximate surface area is 101 Å². The van der Waals surface area contributed by atoms with Gasteiger partial charge in [-0.05, 0) is 27.1 Å². The third-order valence-electron chi connectivity index (χ3n) is 2.03. The smallest absolute Gasteiger partial charge is 0.253 e. The molecule has 0 saturated carbocycles. The summed E-state index contributed by atoms with van der Waals surface area (Å²) in [6.45, 7) is 2.74. The topological polar surface area (TPSA) is 45.2 Å². The van der Waals surface area contributed by atoms with Crippen molar-refractivity contribution in [1.29, 1.82) is 0 Å². The number of hydrogen-bond acceptors (Lipinski definition) is 3. The third kappa shape index (κ3) is 3.79. The highest BCUT2D eigenvalue weighted by atomic mass is 35.5. The lowest BCUT2D eigenvalue weighted by molar-refractivity contribution is 0.0934. The first-order valence-electron chi connectivity index (χ1n) is 5.06. The molecule has 1 N–H and O–H groups in total. The van der Waals surface area contributed by atoms with Gasteiger partial charge < -0.3 is 10.2 Å². The first-order valence-corrected chi connectivity index (χ1v) is 5.43. The fraction of sp³-hybridized carbons (Fsp3) is 0.455. The molecule has 0 saturated heterocycles. The molecule has 5 heteroatoms. The van der Waals surface area contributed by atoms with Gasteiger partial charge in [-0.3, -0.25) is 9.78 Å². The monoisotopic (exact) mass is 241 g/mol. The van der Waals surface area contributed by atoms with Crippen LogP contribution < -0.4 is 5.32 Å². The van der Waals surface area contributed by atoms with Crippen molar-refractivity contribution in [2.45, 2.75) is 13.0 Å². The van der Waals surface area contributed by atoms with Gasteiger partial charge in [0.2, 0.25) is 0 Å². The van der Waals surface area contributed by atoms with Crippen LogP contribution in [0.5, 0.6) is 0 Å². The minimum absolute atomic E-state index is 0.0757. The molecule has 0 bridgehead atoms. The number of aromatic nitrogens is 1. The summed E-state index contributed by atoms with van der Waals surface area (Å²) in [6, 6.07) is 1.69. The fourth-order valence-electron chi connectivity index (χ4n) is 1.45. The summed E-state index contributed by atoms with van der Waals surface area (Å²) in [5, 5.41) is 3.25. The van der Waals surface area contributed by atoms with Crippen LogP contribution >= 0.6 is 11.6 Å². The Morgan fingerprint density at radius 3 is 2.88 bits per heavy atom. The van der Waals surface area contributed by atoms with Gasteiger partial charge in [0.25, 0.3) is 5.91 Å². The van der Waals surface area contributed by atoms with E-state index in [4.69, 9.17) is 11.6 Å². The molecule has 0 fully saturated rings. The molecule has 0 aliphatic heterocycles. The number of carbonyl (C=O) groups excluding carboxylic acids is 1. The van der Waals surface area contributed by atoms with Gasteiger partial charge in [-0.15, -0.1) is 0 Å². The SMILES string of the molecule is CC(CN(C)C)NC(=O)c1ccncc1Cl. The van der Waals surface area contributed by atoms with Crippen molar-refractivity contribution in [2.75, 3.05) is 20.6 Å². The van der Waals surface area contributed by atoms with Crippen LogP contribution in [0.3, 0.4) is 0 Å². The lowest BCUT2D eigenvalue weighted by Gasteiger charge is -2.18. The molecule has 1 heterocycles. The quantitative estimate of drug-likeness (QED) is 0.867. The Morgan fingerprint density at radius 2 is 2.31 bits per heavy atom. The molecule has 1 aromatic rings. The predicted octanol–water partition coefficient (Wildman–Crippen LogP) is 1.41. The molecule has 0 spiro atoms. The highest BCUT2D eigenvalue weighted by molar-refractivity contribution is 6.33. The number of rotatable bonds is 4. The summed E-state index contributed by atoms with van der Waals surface area (Å²) >= 11 is 5.87. The lowest BCUT2D eigenvalue weighted by Crippen LogP contribution is -2.39. The maximum Gasteiger partial charge on any atom is 0.253 e. The zero-order valence-electron chi connectivity index (χ0n) is 9.70. The van der Waals surface area contributed by atoms with E-state index in [9.17, 15) is 4.79 Å². The summed E-state index contributed by atoms with van der Waals surface area (Å²) < 4.78 is 0. The fourth-order valence-corrected chi connectivity index (χ4v) is 1.66. The number of nitrogens with one attached hydrogen (secondary N) is 1. The predicted molar refractivity (Wildman–Crippen MR) is 64.7 cm³/mol.